The first-order chi connectivity index (χ1) is 19.1. The molecule has 2 aromatic heterocycles. The average Bonchev–Trinajstić information content (AvgIpc) is 2.97. The first-order valence-corrected chi connectivity index (χ1v) is 11.8. The molecule has 0 bridgehead atoms. The quantitative estimate of drug-likeness (QED) is 0.259. The fourth-order valence-electron chi connectivity index (χ4n) is 3.98. The van der Waals surface area contributed by atoms with Gasteiger partial charge in [-0.3, -0.25) is 4.79 Å². The largest absolute Gasteiger partial charge is 0.490 e. The number of benzene rings is 3. The summed E-state index contributed by atoms with van der Waals surface area (Å²) in [5.41, 5.74) is 13.1. The van der Waals surface area contributed by atoms with Crippen LogP contribution >= 0.6 is 0 Å². The van der Waals surface area contributed by atoms with Crippen LogP contribution in [0.2, 0.25) is 0 Å². The highest BCUT2D eigenvalue weighted by molar-refractivity contribution is 5.98. The van der Waals surface area contributed by atoms with Gasteiger partial charge in [-0.05, 0) is 34.9 Å². The lowest BCUT2D eigenvalue weighted by atomic mass is 9.95. The maximum atomic E-state index is 12.8. The van der Waals surface area contributed by atoms with Crippen molar-refractivity contribution in [2.45, 2.75) is 12.7 Å². The van der Waals surface area contributed by atoms with Crippen molar-refractivity contribution in [3.63, 3.8) is 0 Å². The second kappa shape index (κ2) is 11.6. The minimum absolute atomic E-state index is 0.197. The van der Waals surface area contributed by atoms with E-state index in [1.165, 1.54) is 0 Å². The molecule has 0 fully saturated rings. The lowest BCUT2D eigenvalue weighted by molar-refractivity contribution is -0.192. The molecule has 0 aliphatic rings. The van der Waals surface area contributed by atoms with E-state index in [4.69, 9.17) is 25.9 Å². The molecule has 0 saturated heterocycles. The normalized spacial score (nSPS) is 10.9. The number of aromatic nitrogens is 2. The number of nitrogens with one attached hydrogen (secondary N) is 1. The second-order valence-electron chi connectivity index (χ2n) is 8.57. The van der Waals surface area contributed by atoms with Gasteiger partial charge in [-0.2, -0.15) is 18.4 Å². The zero-order valence-corrected chi connectivity index (χ0v) is 20.7. The third-order valence-electron chi connectivity index (χ3n) is 5.99. The van der Waals surface area contributed by atoms with Gasteiger partial charge in [-0.15, -0.1) is 0 Å². The first-order valence-electron chi connectivity index (χ1n) is 11.8. The molecule has 0 spiro atoms. The summed E-state index contributed by atoms with van der Waals surface area (Å²) in [5, 5.41) is 16.8. The molecule has 7 nitrogen and oxygen atoms in total. The van der Waals surface area contributed by atoms with Crippen molar-refractivity contribution < 1.29 is 23.1 Å². The number of pyridine rings is 2. The summed E-state index contributed by atoms with van der Waals surface area (Å²) in [6.07, 6.45) is -3.40. The summed E-state index contributed by atoms with van der Waals surface area (Å²) in [5.74, 6) is -2.76. The van der Waals surface area contributed by atoms with Gasteiger partial charge in [0.2, 0.25) is 0 Å². The maximum Gasteiger partial charge on any atom is 0.490 e. The Morgan fingerprint density at radius 3 is 2.05 bits per heavy atom. The van der Waals surface area contributed by atoms with Crippen LogP contribution in [0.3, 0.4) is 0 Å². The highest BCUT2D eigenvalue weighted by Gasteiger charge is 2.38. The molecular formula is C30H21F3N4O3. The molecule has 5 aromatic rings. The number of fused-ring (bicyclic) bond motifs is 1. The number of H-pyrrole nitrogens is 1. The third-order valence-corrected chi connectivity index (χ3v) is 5.99. The van der Waals surface area contributed by atoms with Gasteiger partial charge in [0.15, 0.2) is 0 Å². The van der Waals surface area contributed by atoms with Crippen LogP contribution in [-0.2, 0) is 11.3 Å². The number of nitrogens with zero attached hydrogens (tertiary/aromatic N) is 2. The molecule has 0 saturated carbocycles. The summed E-state index contributed by atoms with van der Waals surface area (Å²) in [6.45, 7) is 0.467. The van der Waals surface area contributed by atoms with Crippen molar-refractivity contribution in [3.8, 4) is 39.6 Å². The van der Waals surface area contributed by atoms with E-state index in [9.17, 15) is 18.0 Å². The summed E-state index contributed by atoms with van der Waals surface area (Å²) in [6, 6.07) is 29.3. The Morgan fingerprint density at radius 2 is 1.50 bits per heavy atom. The molecule has 40 heavy (non-hydrogen) atoms. The minimum Gasteiger partial charge on any atom is -0.475 e. The standard InChI is InChI=1S/C28H20N4O.C2HF3O2/c29-15-18-6-10-21(11-7-18)25-17-31-28(33)24-14-23(20-4-2-1-3-5-20)26(32-27(24)25)22-12-8-19(16-30)9-13-22;3-2(4,5)1(6)7/h1-14,17H,16,30H2,(H,31,33);(H,6,7). The van der Waals surface area contributed by atoms with Crippen molar-refractivity contribution in [2.75, 3.05) is 0 Å². The molecule has 0 aliphatic heterocycles. The SMILES string of the molecule is N#Cc1ccc(-c2c[nH]c(=O)c3cc(-c4ccccc4)c(-c4ccc(CN)cc4)nc23)cc1.O=C(O)C(F)(F)F. The number of carboxylic acid groups (broad SMARTS) is 1. The van der Waals surface area contributed by atoms with E-state index in [0.29, 0.717) is 23.0 Å². The Morgan fingerprint density at radius 1 is 0.925 bits per heavy atom. The molecule has 0 radical (unpaired) electrons. The van der Waals surface area contributed by atoms with Crippen molar-refractivity contribution in [2.24, 2.45) is 5.73 Å². The van der Waals surface area contributed by atoms with Crippen molar-refractivity contribution in [3.05, 3.63) is 113 Å². The molecule has 0 aliphatic carbocycles. The molecule has 3 aromatic carbocycles. The smallest absolute Gasteiger partial charge is 0.475 e. The number of nitriles is 1. The molecular weight excluding hydrogens is 521 g/mol. The van der Waals surface area contributed by atoms with E-state index in [-0.39, 0.29) is 5.56 Å². The van der Waals surface area contributed by atoms with Crippen molar-refractivity contribution in [1.29, 1.82) is 5.26 Å². The van der Waals surface area contributed by atoms with E-state index in [2.05, 4.69) is 11.1 Å². The highest BCUT2D eigenvalue weighted by atomic mass is 19.4. The van der Waals surface area contributed by atoms with Crippen LogP contribution in [0.4, 0.5) is 13.2 Å². The van der Waals surface area contributed by atoms with Gasteiger partial charge in [0.1, 0.15) is 0 Å². The van der Waals surface area contributed by atoms with Crippen LogP contribution in [0.1, 0.15) is 11.1 Å². The predicted octanol–water partition coefficient (Wildman–Crippen LogP) is 5.89. The number of alkyl halides is 3. The molecule has 0 atom stereocenters. The van der Waals surface area contributed by atoms with E-state index in [0.717, 1.165) is 39.1 Å². The molecule has 10 heteroatoms. The zero-order chi connectivity index (χ0) is 28.9. The number of rotatable bonds is 4. The maximum absolute atomic E-state index is 12.8. The van der Waals surface area contributed by atoms with Crippen LogP contribution in [0.5, 0.6) is 0 Å². The number of hydrogen-bond donors (Lipinski definition) is 3. The lowest BCUT2D eigenvalue weighted by Crippen LogP contribution is -2.21. The van der Waals surface area contributed by atoms with E-state index in [1.54, 1.807) is 18.3 Å². The van der Waals surface area contributed by atoms with E-state index < -0.39 is 12.1 Å². The van der Waals surface area contributed by atoms with Gasteiger partial charge in [0, 0.05) is 29.4 Å². The predicted molar refractivity (Wildman–Crippen MR) is 145 cm³/mol. The van der Waals surface area contributed by atoms with Gasteiger partial charge in [-0.25, -0.2) is 9.78 Å². The van der Waals surface area contributed by atoms with Crippen LogP contribution in [0, 0.1) is 11.3 Å². The Balaban J connectivity index is 0.000000470. The summed E-state index contributed by atoms with van der Waals surface area (Å²) in [7, 11) is 0. The van der Waals surface area contributed by atoms with Crippen LogP contribution in [0.15, 0.2) is 95.9 Å². The number of nitrogens with two attached hydrogens (primary N) is 1. The van der Waals surface area contributed by atoms with Gasteiger partial charge < -0.3 is 15.8 Å². The first kappa shape index (κ1) is 27.8. The number of aliphatic carboxylic acids is 1. The van der Waals surface area contributed by atoms with Gasteiger partial charge in [0.05, 0.1) is 28.2 Å². The van der Waals surface area contributed by atoms with Gasteiger partial charge >= 0.3 is 12.1 Å². The summed E-state index contributed by atoms with van der Waals surface area (Å²) in [4.78, 5) is 29.6. The summed E-state index contributed by atoms with van der Waals surface area (Å²) < 4.78 is 31.7. The Hall–Kier alpha value is -5.27. The third kappa shape index (κ3) is 6.06. The zero-order valence-electron chi connectivity index (χ0n) is 20.7. The monoisotopic (exact) mass is 542 g/mol. The molecule has 2 heterocycles. The van der Waals surface area contributed by atoms with Crippen molar-refractivity contribution >= 4 is 16.9 Å². The molecule has 200 valence electrons. The highest BCUT2D eigenvalue weighted by Crippen LogP contribution is 2.35. The van der Waals surface area contributed by atoms with Gasteiger partial charge in [-0.1, -0.05) is 66.7 Å². The topological polar surface area (TPSA) is 133 Å². The molecule has 5 rings (SSSR count). The Bertz CT molecular complexity index is 1760. The van der Waals surface area contributed by atoms with Crippen LogP contribution in [-0.4, -0.2) is 27.2 Å². The Kier molecular flexibility index (Phi) is 8.07. The lowest BCUT2D eigenvalue weighted by Gasteiger charge is -2.14. The average molecular weight is 543 g/mol. The number of halogens is 3. The second-order valence-corrected chi connectivity index (χ2v) is 8.57. The Labute approximate surface area is 226 Å². The molecule has 4 N–H and O–H groups in total. The van der Waals surface area contributed by atoms with E-state index >= 15 is 0 Å². The van der Waals surface area contributed by atoms with Crippen LogP contribution < -0.4 is 11.3 Å². The molecule has 0 amide bonds. The van der Waals surface area contributed by atoms with E-state index in [1.807, 2.05) is 72.8 Å². The number of hydrogen-bond acceptors (Lipinski definition) is 5. The number of carboxylic acids is 1. The summed E-state index contributed by atoms with van der Waals surface area (Å²) >= 11 is 0. The van der Waals surface area contributed by atoms with Crippen molar-refractivity contribution in [1.82, 2.24) is 9.97 Å². The fraction of sp³-hybridized carbons (Fsp3) is 0.0667. The van der Waals surface area contributed by atoms with Crippen LogP contribution in [0.25, 0.3) is 44.4 Å². The fourth-order valence-corrected chi connectivity index (χ4v) is 3.98. The molecule has 0 unspecified atom stereocenters. The number of carbonyl (C=O) groups is 1. The minimum atomic E-state index is -5.08. The number of aromatic amines is 1. The van der Waals surface area contributed by atoms with Gasteiger partial charge in [0.25, 0.3) is 5.56 Å².